The average Bonchev–Trinajstić information content (AvgIpc) is 2.30. The molecule has 5 nitrogen and oxygen atoms in total. The van der Waals surface area contributed by atoms with E-state index in [0.29, 0.717) is 6.54 Å². The first-order valence-electron chi connectivity index (χ1n) is 5.70. The number of hydrogen-bond donors (Lipinski definition) is 1. The zero-order chi connectivity index (χ0) is 13.4. The number of carboxylic acids is 1. The van der Waals surface area contributed by atoms with Crippen LogP contribution in [0.5, 0.6) is 0 Å². The van der Waals surface area contributed by atoms with Crippen molar-refractivity contribution in [1.29, 1.82) is 0 Å². The maximum absolute atomic E-state index is 12.1. The fraction of sp³-hybridized carbons (Fsp3) is 0.818. The summed E-state index contributed by atoms with van der Waals surface area (Å²) >= 11 is 1.68. The Labute approximate surface area is 107 Å². The first-order chi connectivity index (χ1) is 7.97. The summed E-state index contributed by atoms with van der Waals surface area (Å²) in [6.07, 6.45) is 2.86. The molecule has 1 unspecified atom stereocenters. The van der Waals surface area contributed by atoms with Crippen LogP contribution in [0.4, 0.5) is 4.79 Å². The summed E-state index contributed by atoms with van der Waals surface area (Å²) in [7, 11) is 1.73. The van der Waals surface area contributed by atoms with Crippen molar-refractivity contribution in [1.82, 2.24) is 9.80 Å². The standard InChI is InChI=1S/C11H22N2O3S/c1-5-9(8-17-4)12(3)11(16)13(6-2)7-10(14)15/h9H,5-8H2,1-4H3,(H,14,15). The van der Waals surface area contributed by atoms with E-state index in [-0.39, 0.29) is 18.6 Å². The predicted molar refractivity (Wildman–Crippen MR) is 70.5 cm³/mol. The molecule has 0 aliphatic rings. The SMILES string of the molecule is CCC(CSC)N(C)C(=O)N(CC)CC(=O)O. The van der Waals surface area contributed by atoms with Crippen LogP contribution in [0.15, 0.2) is 0 Å². The van der Waals surface area contributed by atoms with Gasteiger partial charge in [-0.1, -0.05) is 6.92 Å². The number of hydrogen-bond acceptors (Lipinski definition) is 3. The van der Waals surface area contributed by atoms with E-state index in [0.717, 1.165) is 12.2 Å². The maximum Gasteiger partial charge on any atom is 0.323 e. The maximum atomic E-state index is 12.1. The van der Waals surface area contributed by atoms with Crippen LogP contribution in [0.2, 0.25) is 0 Å². The molecular weight excluding hydrogens is 240 g/mol. The lowest BCUT2D eigenvalue weighted by Crippen LogP contribution is -2.48. The summed E-state index contributed by atoms with van der Waals surface area (Å²) in [4.78, 5) is 25.7. The van der Waals surface area contributed by atoms with Crippen LogP contribution >= 0.6 is 11.8 Å². The van der Waals surface area contributed by atoms with E-state index >= 15 is 0 Å². The molecule has 100 valence electrons. The topological polar surface area (TPSA) is 60.9 Å². The first-order valence-corrected chi connectivity index (χ1v) is 7.09. The summed E-state index contributed by atoms with van der Waals surface area (Å²) < 4.78 is 0. The van der Waals surface area contributed by atoms with Crippen molar-refractivity contribution in [3.8, 4) is 0 Å². The van der Waals surface area contributed by atoms with Gasteiger partial charge in [-0.25, -0.2) is 4.79 Å². The molecule has 6 heteroatoms. The lowest BCUT2D eigenvalue weighted by atomic mass is 10.2. The largest absolute Gasteiger partial charge is 0.480 e. The predicted octanol–water partition coefficient (Wildman–Crippen LogP) is 1.59. The Bertz CT molecular complexity index is 261. The van der Waals surface area contributed by atoms with Gasteiger partial charge < -0.3 is 14.9 Å². The summed E-state index contributed by atoms with van der Waals surface area (Å²) in [5.41, 5.74) is 0. The molecule has 1 N–H and O–H groups in total. The fourth-order valence-corrected chi connectivity index (χ4v) is 2.40. The molecule has 1 atom stereocenters. The second kappa shape index (κ2) is 8.22. The third-order valence-corrected chi connectivity index (χ3v) is 3.38. The molecule has 0 bridgehead atoms. The van der Waals surface area contributed by atoms with Gasteiger partial charge >= 0.3 is 12.0 Å². The molecule has 0 heterocycles. The van der Waals surface area contributed by atoms with E-state index < -0.39 is 5.97 Å². The lowest BCUT2D eigenvalue weighted by molar-refractivity contribution is -0.137. The molecule has 17 heavy (non-hydrogen) atoms. The Balaban J connectivity index is 4.57. The lowest BCUT2D eigenvalue weighted by Gasteiger charge is -2.31. The van der Waals surface area contributed by atoms with E-state index in [9.17, 15) is 9.59 Å². The van der Waals surface area contributed by atoms with Crippen LogP contribution in [-0.4, -0.2) is 65.1 Å². The van der Waals surface area contributed by atoms with Crippen LogP contribution < -0.4 is 0 Å². The van der Waals surface area contributed by atoms with E-state index in [1.807, 2.05) is 13.2 Å². The van der Waals surface area contributed by atoms with Crippen LogP contribution in [0, 0.1) is 0 Å². The molecule has 0 aliphatic heterocycles. The molecule has 0 rings (SSSR count). The van der Waals surface area contributed by atoms with Gasteiger partial charge in [-0.3, -0.25) is 4.79 Å². The molecule has 0 aliphatic carbocycles. The Morgan fingerprint density at radius 3 is 2.29 bits per heavy atom. The number of thioether (sulfide) groups is 1. The minimum absolute atomic E-state index is 0.153. The summed E-state index contributed by atoms with van der Waals surface area (Å²) in [6.45, 7) is 3.98. The van der Waals surface area contributed by atoms with Crippen molar-refractivity contribution in [2.45, 2.75) is 26.3 Å². The molecule has 0 spiro atoms. The van der Waals surface area contributed by atoms with E-state index in [1.54, 1.807) is 30.6 Å². The normalized spacial score (nSPS) is 12.0. The molecule has 0 radical (unpaired) electrons. The smallest absolute Gasteiger partial charge is 0.323 e. The number of carboxylic acid groups (broad SMARTS) is 1. The number of aliphatic carboxylic acids is 1. The highest BCUT2D eigenvalue weighted by Gasteiger charge is 2.23. The van der Waals surface area contributed by atoms with Crippen LogP contribution in [0.1, 0.15) is 20.3 Å². The number of urea groups is 1. The van der Waals surface area contributed by atoms with E-state index in [4.69, 9.17) is 5.11 Å². The minimum Gasteiger partial charge on any atom is -0.480 e. The third kappa shape index (κ3) is 5.30. The number of rotatable bonds is 7. The van der Waals surface area contributed by atoms with Gasteiger partial charge in [0.15, 0.2) is 0 Å². The highest BCUT2D eigenvalue weighted by Crippen LogP contribution is 2.10. The van der Waals surface area contributed by atoms with Gasteiger partial charge in [0.25, 0.3) is 0 Å². The summed E-state index contributed by atoms with van der Waals surface area (Å²) in [6, 6.07) is -0.0591. The molecule has 0 aromatic carbocycles. The number of carbonyl (C=O) groups is 2. The quantitative estimate of drug-likeness (QED) is 0.757. The number of amides is 2. The Kier molecular flexibility index (Phi) is 7.78. The molecule has 0 saturated heterocycles. The van der Waals surface area contributed by atoms with Gasteiger partial charge in [0.2, 0.25) is 0 Å². The van der Waals surface area contributed by atoms with Gasteiger partial charge in [0.1, 0.15) is 6.54 Å². The summed E-state index contributed by atoms with van der Waals surface area (Å²) in [5, 5.41) is 8.73. The molecule has 2 amide bonds. The monoisotopic (exact) mass is 262 g/mol. The minimum atomic E-state index is -0.980. The van der Waals surface area contributed by atoms with Crippen molar-refractivity contribution in [2.75, 3.05) is 32.1 Å². The second-order valence-corrected chi connectivity index (χ2v) is 4.73. The van der Waals surface area contributed by atoms with Gasteiger partial charge in [-0.15, -0.1) is 0 Å². The van der Waals surface area contributed by atoms with Crippen LogP contribution in [0.25, 0.3) is 0 Å². The number of carbonyl (C=O) groups excluding carboxylic acids is 1. The van der Waals surface area contributed by atoms with Gasteiger partial charge in [0, 0.05) is 25.4 Å². The summed E-state index contributed by atoms with van der Waals surface area (Å²) in [5.74, 6) is -0.116. The van der Waals surface area contributed by atoms with Crippen molar-refractivity contribution in [2.24, 2.45) is 0 Å². The second-order valence-electron chi connectivity index (χ2n) is 3.82. The van der Waals surface area contributed by atoms with Gasteiger partial charge in [-0.2, -0.15) is 11.8 Å². The van der Waals surface area contributed by atoms with Crippen molar-refractivity contribution in [3.63, 3.8) is 0 Å². The van der Waals surface area contributed by atoms with Gasteiger partial charge in [0.05, 0.1) is 0 Å². The van der Waals surface area contributed by atoms with Gasteiger partial charge in [-0.05, 0) is 19.6 Å². The van der Waals surface area contributed by atoms with E-state index in [1.165, 1.54) is 4.90 Å². The molecule has 0 saturated carbocycles. The fourth-order valence-electron chi connectivity index (χ4n) is 1.55. The average molecular weight is 262 g/mol. The zero-order valence-corrected chi connectivity index (χ0v) is 11.8. The molecule has 0 aromatic heterocycles. The van der Waals surface area contributed by atoms with E-state index in [2.05, 4.69) is 0 Å². The molecular formula is C11H22N2O3S. The Hall–Kier alpha value is -0.910. The highest BCUT2D eigenvalue weighted by molar-refractivity contribution is 7.98. The van der Waals surface area contributed by atoms with Crippen molar-refractivity contribution in [3.05, 3.63) is 0 Å². The van der Waals surface area contributed by atoms with Crippen LogP contribution in [-0.2, 0) is 4.79 Å². The Morgan fingerprint density at radius 1 is 1.35 bits per heavy atom. The van der Waals surface area contributed by atoms with Crippen molar-refractivity contribution >= 4 is 23.8 Å². The third-order valence-electron chi connectivity index (χ3n) is 2.66. The van der Waals surface area contributed by atoms with Crippen molar-refractivity contribution < 1.29 is 14.7 Å². The zero-order valence-electron chi connectivity index (χ0n) is 11.0. The number of nitrogens with zero attached hydrogens (tertiary/aromatic N) is 2. The highest BCUT2D eigenvalue weighted by atomic mass is 32.2. The molecule has 0 aromatic rings. The molecule has 0 fully saturated rings. The number of likely N-dealkylation sites (N-methyl/N-ethyl adjacent to an activating group) is 1. The Morgan fingerprint density at radius 2 is 1.94 bits per heavy atom. The first kappa shape index (κ1) is 16.1. The van der Waals surface area contributed by atoms with Crippen LogP contribution in [0.3, 0.4) is 0 Å².